The average Bonchev–Trinajstić information content (AvgIpc) is 3.20. The molecule has 2 aromatic heterocycles. The van der Waals surface area contributed by atoms with Crippen LogP contribution in [0, 0.1) is 20.8 Å². The third-order valence-electron chi connectivity index (χ3n) is 6.16. The summed E-state index contributed by atoms with van der Waals surface area (Å²) in [5.41, 5.74) is 3.84. The van der Waals surface area contributed by atoms with Gasteiger partial charge in [0, 0.05) is 10.6 Å². The first kappa shape index (κ1) is 24.8. The molecule has 0 aliphatic heterocycles. The highest BCUT2D eigenvalue weighted by atomic mass is 35.5. The van der Waals surface area contributed by atoms with Crippen molar-refractivity contribution in [2.75, 3.05) is 0 Å². The predicted octanol–water partition coefficient (Wildman–Crippen LogP) is 8.26. The van der Waals surface area contributed by atoms with Gasteiger partial charge in [0.05, 0.1) is 28.0 Å². The number of aromatic nitrogens is 3. The Hall–Kier alpha value is -3.84. The number of aryl methyl sites for hydroxylation is 3. The Morgan fingerprint density at radius 3 is 2.35 bits per heavy atom. The Morgan fingerprint density at radius 1 is 0.919 bits per heavy atom. The number of hydrogen-bond donors (Lipinski definition) is 0. The molecule has 37 heavy (non-hydrogen) atoms. The second kappa shape index (κ2) is 9.56. The monoisotopic (exact) mass is 521 g/mol. The van der Waals surface area contributed by atoms with E-state index in [1.165, 1.54) is 4.68 Å². The van der Waals surface area contributed by atoms with Crippen molar-refractivity contribution in [3.63, 3.8) is 0 Å². The molecule has 0 radical (unpaired) electrons. The summed E-state index contributed by atoms with van der Waals surface area (Å²) in [5.74, 6) is 0.609. The summed E-state index contributed by atoms with van der Waals surface area (Å²) in [5, 5.41) is 4.85. The summed E-state index contributed by atoms with van der Waals surface area (Å²) in [6, 6.07) is 21.2. The van der Waals surface area contributed by atoms with E-state index in [0.29, 0.717) is 28.6 Å². The molecule has 3 aromatic carbocycles. The van der Waals surface area contributed by atoms with Crippen molar-refractivity contribution in [1.82, 2.24) is 14.8 Å². The number of ether oxygens (including phenoxy) is 1. The Labute approximate surface area is 217 Å². The van der Waals surface area contributed by atoms with Gasteiger partial charge in [-0.1, -0.05) is 47.5 Å². The highest BCUT2D eigenvalue weighted by Gasteiger charge is 2.36. The molecular weight excluding hydrogens is 499 g/mol. The maximum atomic E-state index is 14.2. The van der Waals surface area contributed by atoms with Gasteiger partial charge in [0.1, 0.15) is 12.4 Å². The van der Waals surface area contributed by atoms with E-state index < -0.39 is 11.7 Å². The molecule has 0 unspecified atom stereocenters. The van der Waals surface area contributed by atoms with Crippen molar-refractivity contribution in [1.29, 1.82) is 0 Å². The molecule has 0 spiro atoms. The van der Waals surface area contributed by atoms with Crippen LogP contribution in [0.4, 0.5) is 13.2 Å². The second-order valence-corrected chi connectivity index (χ2v) is 9.39. The van der Waals surface area contributed by atoms with Crippen molar-refractivity contribution in [2.45, 2.75) is 33.6 Å². The van der Waals surface area contributed by atoms with Gasteiger partial charge in [0.15, 0.2) is 5.65 Å². The zero-order valence-electron chi connectivity index (χ0n) is 20.4. The summed E-state index contributed by atoms with van der Waals surface area (Å²) >= 11 is 6.29. The number of rotatable bonds is 5. The lowest BCUT2D eigenvalue weighted by molar-refractivity contribution is -0.136. The molecule has 0 aliphatic rings. The molecule has 2 heterocycles. The quantitative estimate of drug-likeness (QED) is 0.234. The van der Waals surface area contributed by atoms with Crippen LogP contribution in [0.2, 0.25) is 5.02 Å². The standard InChI is InChI=1S/C29H23ClF3N3O/c1-17-5-4-6-20(13-17)16-37-23-11-8-21(9-12-23)26-15-24(29(31,32)33)27-19(3)35-36(28(27)34-26)22-10-7-18(2)25(30)14-22/h4-15H,16H2,1-3H3. The van der Waals surface area contributed by atoms with Gasteiger partial charge in [0.25, 0.3) is 0 Å². The van der Waals surface area contributed by atoms with Crippen LogP contribution in [-0.2, 0) is 12.8 Å². The van der Waals surface area contributed by atoms with Crippen molar-refractivity contribution in [3.05, 3.63) is 106 Å². The van der Waals surface area contributed by atoms with Gasteiger partial charge in [-0.25, -0.2) is 9.67 Å². The molecule has 5 aromatic rings. The zero-order chi connectivity index (χ0) is 26.3. The van der Waals surface area contributed by atoms with E-state index in [9.17, 15) is 13.2 Å². The molecular formula is C29H23ClF3N3O. The van der Waals surface area contributed by atoms with Crippen LogP contribution in [0.3, 0.4) is 0 Å². The molecule has 0 aliphatic carbocycles. The maximum absolute atomic E-state index is 14.2. The SMILES string of the molecule is Cc1cccc(COc2ccc(-c3cc(C(F)(F)F)c4c(C)nn(-c5ccc(C)c(Cl)c5)c4n3)cc2)c1. The topological polar surface area (TPSA) is 39.9 Å². The average molecular weight is 522 g/mol. The van der Waals surface area contributed by atoms with E-state index in [4.69, 9.17) is 16.3 Å². The minimum Gasteiger partial charge on any atom is -0.489 e. The van der Waals surface area contributed by atoms with E-state index in [0.717, 1.165) is 22.8 Å². The number of hydrogen-bond acceptors (Lipinski definition) is 3. The Bertz CT molecular complexity index is 1610. The summed E-state index contributed by atoms with van der Waals surface area (Å²) in [6.45, 7) is 5.80. The third kappa shape index (κ3) is 5.04. The first-order valence-electron chi connectivity index (χ1n) is 11.6. The Kier molecular flexibility index (Phi) is 6.42. The summed E-state index contributed by atoms with van der Waals surface area (Å²) in [7, 11) is 0. The smallest absolute Gasteiger partial charge is 0.417 e. The van der Waals surface area contributed by atoms with E-state index in [2.05, 4.69) is 10.1 Å². The highest BCUT2D eigenvalue weighted by molar-refractivity contribution is 6.31. The highest BCUT2D eigenvalue weighted by Crippen LogP contribution is 2.39. The number of fused-ring (bicyclic) bond motifs is 1. The second-order valence-electron chi connectivity index (χ2n) is 8.98. The maximum Gasteiger partial charge on any atom is 0.417 e. The lowest BCUT2D eigenvalue weighted by Crippen LogP contribution is -2.08. The third-order valence-corrected chi connectivity index (χ3v) is 6.56. The molecule has 0 N–H and O–H groups in total. The molecule has 0 amide bonds. The van der Waals surface area contributed by atoms with Crippen LogP contribution >= 0.6 is 11.6 Å². The van der Waals surface area contributed by atoms with Crippen LogP contribution in [-0.4, -0.2) is 14.8 Å². The van der Waals surface area contributed by atoms with Crippen LogP contribution < -0.4 is 4.74 Å². The van der Waals surface area contributed by atoms with Gasteiger partial charge in [-0.2, -0.15) is 18.3 Å². The largest absolute Gasteiger partial charge is 0.489 e. The molecule has 0 atom stereocenters. The van der Waals surface area contributed by atoms with Crippen molar-refractivity contribution in [2.24, 2.45) is 0 Å². The number of benzene rings is 3. The zero-order valence-corrected chi connectivity index (χ0v) is 21.2. The number of nitrogens with zero attached hydrogens (tertiary/aromatic N) is 3. The number of alkyl halides is 3. The lowest BCUT2D eigenvalue weighted by Gasteiger charge is -2.13. The molecule has 4 nitrogen and oxygen atoms in total. The predicted molar refractivity (Wildman–Crippen MR) is 139 cm³/mol. The fraction of sp³-hybridized carbons (Fsp3) is 0.172. The van der Waals surface area contributed by atoms with Crippen molar-refractivity contribution >= 4 is 22.6 Å². The normalized spacial score (nSPS) is 11.8. The minimum absolute atomic E-state index is 0.0361. The molecule has 188 valence electrons. The first-order chi connectivity index (χ1) is 17.6. The summed E-state index contributed by atoms with van der Waals surface area (Å²) in [6.07, 6.45) is -4.59. The van der Waals surface area contributed by atoms with Crippen LogP contribution in [0.5, 0.6) is 5.75 Å². The molecule has 5 rings (SSSR count). The Morgan fingerprint density at radius 2 is 1.68 bits per heavy atom. The number of pyridine rings is 1. The van der Waals surface area contributed by atoms with E-state index in [1.54, 1.807) is 49.4 Å². The van der Waals surface area contributed by atoms with Gasteiger partial charge in [-0.15, -0.1) is 0 Å². The van der Waals surface area contributed by atoms with E-state index in [1.807, 2.05) is 38.1 Å². The molecule has 0 fully saturated rings. The van der Waals surface area contributed by atoms with Crippen LogP contribution in [0.15, 0.2) is 72.8 Å². The first-order valence-corrected chi connectivity index (χ1v) is 12.0. The van der Waals surface area contributed by atoms with Gasteiger partial charge in [-0.05, 0) is 74.4 Å². The molecule has 0 saturated heterocycles. The number of halogens is 4. The fourth-order valence-electron chi connectivity index (χ4n) is 4.24. The van der Waals surface area contributed by atoms with Gasteiger partial charge < -0.3 is 4.74 Å². The molecule has 0 bridgehead atoms. The van der Waals surface area contributed by atoms with Gasteiger partial charge in [-0.3, -0.25) is 0 Å². The van der Waals surface area contributed by atoms with Crippen LogP contribution in [0.1, 0.15) is 27.9 Å². The fourth-order valence-corrected chi connectivity index (χ4v) is 4.42. The Balaban J connectivity index is 1.55. The van der Waals surface area contributed by atoms with E-state index >= 15 is 0 Å². The van der Waals surface area contributed by atoms with Crippen LogP contribution in [0.25, 0.3) is 28.0 Å². The molecule has 0 saturated carbocycles. The van der Waals surface area contributed by atoms with Crippen molar-refractivity contribution < 1.29 is 17.9 Å². The van der Waals surface area contributed by atoms with E-state index in [-0.39, 0.29) is 22.4 Å². The molecule has 8 heteroatoms. The minimum atomic E-state index is -4.59. The summed E-state index contributed by atoms with van der Waals surface area (Å²) < 4.78 is 49.8. The lowest BCUT2D eigenvalue weighted by atomic mass is 10.0. The van der Waals surface area contributed by atoms with Gasteiger partial charge >= 0.3 is 6.18 Å². The summed E-state index contributed by atoms with van der Waals surface area (Å²) in [4.78, 5) is 4.62. The van der Waals surface area contributed by atoms with Crippen molar-refractivity contribution in [3.8, 4) is 22.7 Å². The van der Waals surface area contributed by atoms with Gasteiger partial charge in [0.2, 0.25) is 0 Å².